The van der Waals surface area contributed by atoms with Crippen molar-refractivity contribution < 1.29 is 9.59 Å². The Morgan fingerprint density at radius 2 is 1.79 bits per heavy atom. The number of hydrogen-bond donors (Lipinski definition) is 1. The van der Waals surface area contributed by atoms with E-state index in [9.17, 15) is 9.59 Å². The van der Waals surface area contributed by atoms with Crippen LogP contribution in [0, 0.1) is 11.3 Å². The fraction of sp³-hybridized carbons (Fsp3) is 0.600. The predicted molar refractivity (Wildman–Crippen MR) is 96.6 cm³/mol. The number of amides is 2. The van der Waals surface area contributed by atoms with Gasteiger partial charge in [0.25, 0.3) is 0 Å². The van der Waals surface area contributed by atoms with Crippen molar-refractivity contribution in [3.05, 3.63) is 35.9 Å². The predicted octanol–water partition coefficient (Wildman–Crippen LogP) is 3.19. The van der Waals surface area contributed by atoms with E-state index in [0.29, 0.717) is 19.5 Å². The highest BCUT2D eigenvalue weighted by molar-refractivity contribution is 5.83. The molecule has 1 heterocycles. The van der Waals surface area contributed by atoms with Crippen LogP contribution in [0.15, 0.2) is 30.3 Å². The van der Waals surface area contributed by atoms with Crippen LogP contribution in [0.4, 0.5) is 0 Å². The molecule has 0 saturated carbocycles. The summed E-state index contributed by atoms with van der Waals surface area (Å²) in [5.74, 6) is 0.0702. The van der Waals surface area contributed by atoms with Crippen molar-refractivity contribution in [3.8, 4) is 0 Å². The molecule has 132 valence electrons. The van der Waals surface area contributed by atoms with Crippen LogP contribution in [-0.2, 0) is 9.59 Å². The summed E-state index contributed by atoms with van der Waals surface area (Å²) in [4.78, 5) is 27.1. The highest BCUT2D eigenvalue weighted by atomic mass is 16.2. The van der Waals surface area contributed by atoms with Gasteiger partial charge in [0.05, 0.1) is 5.92 Å². The first-order valence-electron chi connectivity index (χ1n) is 8.80. The lowest BCUT2D eigenvalue weighted by Gasteiger charge is -2.23. The number of benzene rings is 1. The van der Waals surface area contributed by atoms with Crippen molar-refractivity contribution in [1.29, 1.82) is 0 Å². The Morgan fingerprint density at radius 1 is 1.17 bits per heavy atom. The van der Waals surface area contributed by atoms with E-state index >= 15 is 0 Å². The number of likely N-dealkylation sites (tertiary alicyclic amines) is 1. The first kappa shape index (κ1) is 18.5. The normalized spacial score (nSPS) is 21.2. The number of nitrogens with zero attached hydrogens (tertiary/aromatic N) is 1. The molecule has 2 amide bonds. The van der Waals surface area contributed by atoms with Crippen LogP contribution in [0.2, 0.25) is 0 Å². The summed E-state index contributed by atoms with van der Waals surface area (Å²) in [6, 6.07) is 10.2. The number of carbonyl (C=O) groups excluding carboxylic acids is 2. The van der Waals surface area contributed by atoms with E-state index < -0.39 is 0 Å². The van der Waals surface area contributed by atoms with Gasteiger partial charge in [-0.1, -0.05) is 51.1 Å². The van der Waals surface area contributed by atoms with E-state index in [0.717, 1.165) is 5.56 Å². The van der Waals surface area contributed by atoms with Gasteiger partial charge in [-0.15, -0.1) is 0 Å². The second-order valence-electron chi connectivity index (χ2n) is 8.32. The third-order valence-electron chi connectivity index (χ3n) is 4.35. The smallest absolute Gasteiger partial charge is 0.225 e. The first-order chi connectivity index (χ1) is 11.2. The third-order valence-corrected chi connectivity index (χ3v) is 4.35. The van der Waals surface area contributed by atoms with Gasteiger partial charge in [0.15, 0.2) is 0 Å². The minimum absolute atomic E-state index is 0.0440. The summed E-state index contributed by atoms with van der Waals surface area (Å²) in [6.45, 7) is 11.3. The summed E-state index contributed by atoms with van der Waals surface area (Å²) in [5.41, 5.74) is 1.09. The fourth-order valence-corrected chi connectivity index (χ4v) is 3.27. The van der Waals surface area contributed by atoms with Gasteiger partial charge in [-0.3, -0.25) is 9.59 Å². The molecule has 0 bridgehead atoms. The van der Waals surface area contributed by atoms with Gasteiger partial charge in [-0.05, 0) is 24.8 Å². The Kier molecular flexibility index (Phi) is 5.68. The molecule has 1 aliphatic rings. The van der Waals surface area contributed by atoms with Crippen molar-refractivity contribution in [3.63, 3.8) is 0 Å². The zero-order valence-electron chi connectivity index (χ0n) is 15.5. The largest absolute Gasteiger partial charge is 0.354 e. The average molecular weight is 330 g/mol. The van der Waals surface area contributed by atoms with Crippen LogP contribution in [0.1, 0.15) is 52.5 Å². The molecule has 1 aromatic carbocycles. The van der Waals surface area contributed by atoms with Crippen molar-refractivity contribution in [1.82, 2.24) is 10.2 Å². The lowest BCUT2D eigenvalue weighted by atomic mass is 9.88. The maximum absolute atomic E-state index is 12.6. The third kappa shape index (κ3) is 4.83. The van der Waals surface area contributed by atoms with Gasteiger partial charge < -0.3 is 10.2 Å². The molecule has 4 heteroatoms. The Labute approximate surface area is 145 Å². The minimum Gasteiger partial charge on any atom is -0.354 e. The minimum atomic E-state index is -0.182. The molecule has 1 aliphatic heterocycles. The molecule has 1 N–H and O–H groups in total. The van der Waals surface area contributed by atoms with E-state index in [1.54, 1.807) is 0 Å². The lowest BCUT2D eigenvalue weighted by Crippen LogP contribution is -2.39. The molecule has 1 fully saturated rings. The van der Waals surface area contributed by atoms with Crippen LogP contribution >= 0.6 is 0 Å². The summed E-state index contributed by atoms with van der Waals surface area (Å²) < 4.78 is 0. The summed E-state index contributed by atoms with van der Waals surface area (Å²) >= 11 is 0. The maximum Gasteiger partial charge on any atom is 0.225 e. The Hall–Kier alpha value is -1.84. The van der Waals surface area contributed by atoms with Crippen LogP contribution in [0.5, 0.6) is 0 Å². The van der Waals surface area contributed by atoms with Gasteiger partial charge in [-0.25, -0.2) is 0 Å². The molecule has 24 heavy (non-hydrogen) atoms. The zero-order valence-corrected chi connectivity index (χ0v) is 15.5. The second kappa shape index (κ2) is 7.37. The molecule has 0 aliphatic carbocycles. The highest BCUT2D eigenvalue weighted by Gasteiger charge is 2.40. The molecule has 0 radical (unpaired) electrons. The van der Waals surface area contributed by atoms with Crippen LogP contribution in [0.3, 0.4) is 0 Å². The first-order valence-corrected chi connectivity index (χ1v) is 8.80. The van der Waals surface area contributed by atoms with Crippen molar-refractivity contribution in [2.45, 2.75) is 53.0 Å². The van der Waals surface area contributed by atoms with Crippen LogP contribution < -0.4 is 5.32 Å². The highest BCUT2D eigenvalue weighted by Crippen LogP contribution is 2.34. The van der Waals surface area contributed by atoms with Gasteiger partial charge in [0, 0.05) is 31.5 Å². The Balaban J connectivity index is 2.19. The molecular weight excluding hydrogens is 300 g/mol. The van der Waals surface area contributed by atoms with Crippen molar-refractivity contribution in [2.24, 2.45) is 11.3 Å². The average Bonchev–Trinajstić information content (AvgIpc) is 2.91. The van der Waals surface area contributed by atoms with E-state index in [-0.39, 0.29) is 35.1 Å². The number of hydrogen-bond acceptors (Lipinski definition) is 2. The van der Waals surface area contributed by atoms with Crippen LogP contribution in [0.25, 0.3) is 0 Å². The SMILES string of the molecule is CC(C)NC(=O)[C@@H]1CN(C(=O)CC(C)(C)C)C[C@@H]1c1ccccc1. The van der Waals surface area contributed by atoms with Gasteiger partial charge in [0.1, 0.15) is 0 Å². The van der Waals surface area contributed by atoms with Gasteiger partial charge >= 0.3 is 0 Å². The molecule has 0 unspecified atom stereocenters. The summed E-state index contributed by atoms with van der Waals surface area (Å²) in [6.07, 6.45) is 0.507. The van der Waals surface area contributed by atoms with Gasteiger partial charge in [-0.2, -0.15) is 0 Å². The van der Waals surface area contributed by atoms with Crippen molar-refractivity contribution in [2.75, 3.05) is 13.1 Å². The van der Waals surface area contributed by atoms with E-state index in [2.05, 4.69) is 38.2 Å². The standard InChI is InChI=1S/C20H30N2O2/c1-14(2)21-19(24)17-13-22(18(23)11-20(3,4)5)12-16(17)15-9-7-6-8-10-15/h6-10,14,16-17H,11-13H2,1-5H3,(H,21,24)/t16-,17-/m1/s1. The van der Waals surface area contributed by atoms with Gasteiger partial charge in [0.2, 0.25) is 11.8 Å². The Morgan fingerprint density at radius 3 is 2.33 bits per heavy atom. The molecular formula is C20H30N2O2. The molecule has 2 rings (SSSR count). The fourth-order valence-electron chi connectivity index (χ4n) is 3.27. The molecule has 1 aromatic rings. The zero-order chi connectivity index (χ0) is 17.9. The van der Waals surface area contributed by atoms with E-state index in [1.165, 1.54) is 0 Å². The molecule has 0 spiro atoms. The monoisotopic (exact) mass is 330 g/mol. The summed E-state index contributed by atoms with van der Waals surface area (Å²) in [5, 5.41) is 3.02. The lowest BCUT2D eigenvalue weighted by molar-refractivity contribution is -0.132. The molecule has 2 atom stereocenters. The molecule has 4 nitrogen and oxygen atoms in total. The molecule has 1 saturated heterocycles. The number of carbonyl (C=O) groups is 2. The van der Waals surface area contributed by atoms with E-state index in [4.69, 9.17) is 0 Å². The Bertz CT molecular complexity index is 575. The van der Waals surface area contributed by atoms with Crippen molar-refractivity contribution >= 4 is 11.8 Å². The second-order valence-corrected chi connectivity index (χ2v) is 8.32. The maximum atomic E-state index is 12.6. The van der Waals surface area contributed by atoms with E-state index in [1.807, 2.05) is 36.9 Å². The quantitative estimate of drug-likeness (QED) is 0.922. The molecule has 0 aromatic heterocycles. The summed E-state index contributed by atoms with van der Waals surface area (Å²) in [7, 11) is 0. The van der Waals surface area contributed by atoms with Crippen LogP contribution in [-0.4, -0.2) is 35.8 Å². The number of rotatable bonds is 4. The number of nitrogens with one attached hydrogen (secondary N) is 1. The topological polar surface area (TPSA) is 49.4 Å².